The highest BCUT2D eigenvalue weighted by atomic mass is 16.3. The van der Waals surface area contributed by atoms with Crippen LogP contribution >= 0.6 is 0 Å². The maximum Gasteiger partial charge on any atom is 0.230 e. The smallest absolute Gasteiger partial charge is 0.230 e. The minimum Gasteiger partial charge on any atom is -0.399 e. The first kappa shape index (κ1) is 15.8. The summed E-state index contributed by atoms with van der Waals surface area (Å²) in [5, 5.41) is 12.9. The van der Waals surface area contributed by atoms with E-state index < -0.39 is 11.5 Å². The van der Waals surface area contributed by atoms with Crippen LogP contribution < -0.4 is 11.1 Å². The molecule has 116 valence electrons. The molecule has 1 aromatic rings. The molecule has 1 unspecified atom stereocenters. The number of hydrogen-bond donors (Lipinski definition) is 3. The van der Waals surface area contributed by atoms with Gasteiger partial charge in [-0.15, -0.1) is 0 Å². The summed E-state index contributed by atoms with van der Waals surface area (Å²) < 4.78 is 0. The monoisotopic (exact) mass is 290 g/mol. The summed E-state index contributed by atoms with van der Waals surface area (Å²) in [7, 11) is 0. The van der Waals surface area contributed by atoms with Gasteiger partial charge in [0.1, 0.15) is 0 Å². The number of carbonyl (C=O) groups is 1. The molecule has 1 amide bonds. The molecule has 4 heteroatoms. The number of carbonyl (C=O) groups excluding carboxylic acids is 1. The number of aliphatic hydroxyl groups excluding tert-OH is 1. The van der Waals surface area contributed by atoms with E-state index in [1.54, 1.807) is 0 Å². The molecule has 0 aromatic heterocycles. The number of benzene rings is 1. The average molecular weight is 290 g/mol. The van der Waals surface area contributed by atoms with E-state index in [0.29, 0.717) is 18.7 Å². The second kappa shape index (κ2) is 5.68. The second-order valence-electron chi connectivity index (χ2n) is 7.33. The van der Waals surface area contributed by atoms with Crippen LogP contribution in [0.4, 0.5) is 5.69 Å². The number of aliphatic hydroxyl groups is 1. The lowest BCUT2D eigenvalue weighted by Gasteiger charge is -2.23. The lowest BCUT2D eigenvalue weighted by Crippen LogP contribution is -2.40. The quantitative estimate of drug-likeness (QED) is 0.728. The maximum absolute atomic E-state index is 12.4. The van der Waals surface area contributed by atoms with E-state index >= 15 is 0 Å². The zero-order chi connectivity index (χ0) is 15.7. The largest absolute Gasteiger partial charge is 0.399 e. The minimum absolute atomic E-state index is 0.0141. The van der Waals surface area contributed by atoms with Crippen LogP contribution in [0.25, 0.3) is 0 Å². The molecule has 1 saturated carbocycles. The number of hydrogen-bond acceptors (Lipinski definition) is 3. The predicted molar refractivity (Wildman–Crippen MR) is 84.9 cm³/mol. The van der Waals surface area contributed by atoms with Crippen LogP contribution in [0.1, 0.15) is 45.6 Å². The lowest BCUT2D eigenvalue weighted by atomic mass is 9.89. The summed E-state index contributed by atoms with van der Waals surface area (Å²) >= 11 is 0. The zero-order valence-corrected chi connectivity index (χ0v) is 13.1. The van der Waals surface area contributed by atoms with Gasteiger partial charge in [-0.1, -0.05) is 32.9 Å². The van der Waals surface area contributed by atoms with Crippen molar-refractivity contribution in [3.05, 3.63) is 29.8 Å². The Bertz CT molecular complexity index is 499. The summed E-state index contributed by atoms with van der Waals surface area (Å²) in [6, 6.07) is 7.51. The molecule has 1 fully saturated rings. The van der Waals surface area contributed by atoms with Gasteiger partial charge in [0.15, 0.2) is 0 Å². The van der Waals surface area contributed by atoms with Crippen molar-refractivity contribution in [3.8, 4) is 0 Å². The van der Waals surface area contributed by atoms with Gasteiger partial charge in [-0.2, -0.15) is 0 Å². The van der Waals surface area contributed by atoms with Crippen LogP contribution in [0.5, 0.6) is 0 Å². The van der Waals surface area contributed by atoms with E-state index in [9.17, 15) is 9.90 Å². The van der Waals surface area contributed by atoms with Crippen LogP contribution in [-0.4, -0.2) is 23.7 Å². The summed E-state index contributed by atoms with van der Waals surface area (Å²) in [5.41, 5.74) is 7.05. The standard InChI is InChI=1S/C17H26N2O2/c1-16(2,3)10-14(20)11-19-15(21)17(8-9-17)12-4-6-13(18)7-5-12/h4-7,14,20H,8-11,18H2,1-3H3,(H,19,21). The van der Waals surface area contributed by atoms with Crippen LogP contribution in [0.2, 0.25) is 0 Å². The van der Waals surface area contributed by atoms with Gasteiger partial charge in [-0.05, 0) is 42.4 Å². The predicted octanol–water partition coefficient (Wildman–Crippen LogP) is 2.21. The van der Waals surface area contributed by atoms with Crippen molar-refractivity contribution in [1.29, 1.82) is 0 Å². The molecule has 0 saturated heterocycles. The fraction of sp³-hybridized carbons (Fsp3) is 0.588. The van der Waals surface area contributed by atoms with Crippen molar-refractivity contribution in [2.24, 2.45) is 5.41 Å². The van der Waals surface area contributed by atoms with E-state index in [0.717, 1.165) is 18.4 Å². The number of rotatable bonds is 5. The molecule has 1 aliphatic rings. The van der Waals surface area contributed by atoms with E-state index in [1.807, 2.05) is 24.3 Å². The van der Waals surface area contributed by atoms with Crippen molar-refractivity contribution in [3.63, 3.8) is 0 Å². The molecule has 0 aliphatic heterocycles. The third kappa shape index (κ3) is 3.97. The number of amides is 1. The van der Waals surface area contributed by atoms with Crippen LogP contribution in [0.3, 0.4) is 0 Å². The lowest BCUT2D eigenvalue weighted by molar-refractivity contribution is -0.124. The fourth-order valence-electron chi connectivity index (χ4n) is 2.73. The van der Waals surface area contributed by atoms with Gasteiger partial charge in [-0.25, -0.2) is 0 Å². The Morgan fingerprint density at radius 3 is 2.38 bits per heavy atom. The Morgan fingerprint density at radius 2 is 1.90 bits per heavy atom. The van der Waals surface area contributed by atoms with E-state index in [-0.39, 0.29) is 11.3 Å². The molecular weight excluding hydrogens is 264 g/mol. The van der Waals surface area contributed by atoms with Crippen molar-refractivity contribution < 1.29 is 9.90 Å². The van der Waals surface area contributed by atoms with Gasteiger partial charge < -0.3 is 16.2 Å². The Balaban J connectivity index is 1.93. The Kier molecular flexibility index (Phi) is 4.28. The van der Waals surface area contributed by atoms with Gasteiger partial charge in [-0.3, -0.25) is 4.79 Å². The first-order chi connectivity index (χ1) is 9.73. The van der Waals surface area contributed by atoms with Gasteiger partial charge in [0.05, 0.1) is 11.5 Å². The first-order valence-corrected chi connectivity index (χ1v) is 7.55. The molecule has 1 aliphatic carbocycles. The molecule has 4 N–H and O–H groups in total. The highest BCUT2D eigenvalue weighted by Crippen LogP contribution is 2.48. The topological polar surface area (TPSA) is 75.3 Å². The van der Waals surface area contributed by atoms with Gasteiger partial charge in [0.2, 0.25) is 5.91 Å². The Labute approximate surface area is 126 Å². The van der Waals surface area contributed by atoms with Gasteiger partial charge in [0.25, 0.3) is 0 Å². The van der Waals surface area contributed by atoms with Gasteiger partial charge >= 0.3 is 0 Å². The Morgan fingerprint density at radius 1 is 1.33 bits per heavy atom. The summed E-state index contributed by atoms with van der Waals surface area (Å²) in [6.07, 6.45) is 1.88. The fourth-order valence-corrected chi connectivity index (χ4v) is 2.73. The summed E-state index contributed by atoms with van der Waals surface area (Å²) in [4.78, 5) is 12.4. The summed E-state index contributed by atoms with van der Waals surface area (Å²) in [5.74, 6) is 0.0141. The zero-order valence-electron chi connectivity index (χ0n) is 13.1. The molecule has 2 rings (SSSR count). The van der Waals surface area contributed by atoms with Crippen molar-refractivity contribution >= 4 is 11.6 Å². The minimum atomic E-state index is -0.504. The van der Waals surface area contributed by atoms with Crippen molar-refractivity contribution in [2.75, 3.05) is 12.3 Å². The molecule has 0 spiro atoms. The average Bonchev–Trinajstić information content (AvgIpc) is 3.16. The molecule has 4 nitrogen and oxygen atoms in total. The maximum atomic E-state index is 12.4. The van der Waals surface area contributed by atoms with E-state index in [4.69, 9.17) is 5.73 Å². The molecule has 0 radical (unpaired) electrons. The van der Waals surface area contributed by atoms with E-state index in [2.05, 4.69) is 26.1 Å². The highest BCUT2D eigenvalue weighted by Gasteiger charge is 2.51. The second-order valence-corrected chi connectivity index (χ2v) is 7.33. The van der Waals surface area contributed by atoms with Crippen molar-refractivity contribution in [2.45, 2.75) is 51.6 Å². The third-order valence-electron chi connectivity index (χ3n) is 3.99. The number of nitrogen functional groups attached to an aromatic ring is 1. The third-order valence-corrected chi connectivity index (χ3v) is 3.99. The number of nitrogens with two attached hydrogens (primary N) is 1. The van der Waals surface area contributed by atoms with Gasteiger partial charge in [0, 0.05) is 12.2 Å². The summed E-state index contributed by atoms with van der Waals surface area (Å²) in [6.45, 7) is 6.55. The van der Waals surface area contributed by atoms with Crippen LogP contribution in [0, 0.1) is 5.41 Å². The SMILES string of the molecule is CC(C)(C)CC(O)CNC(=O)C1(c2ccc(N)cc2)CC1. The molecule has 0 heterocycles. The first-order valence-electron chi connectivity index (χ1n) is 7.55. The number of nitrogens with one attached hydrogen (secondary N) is 1. The highest BCUT2D eigenvalue weighted by molar-refractivity contribution is 5.91. The molecule has 1 atom stereocenters. The molecule has 1 aromatic carbocycles. The van der Waals surface area contributed by atoms with Crippen LogP contribution in [-0.2, 0) is 10.2 Å². The molecule has 0 bridgehead atoms. The van der Waals surface area contributed by atoms with E-state index in [1.165, 1.54) is 0 Å². The molecular formula is C17H26N2O2. The van der Waals surface area contributed by atoms with Crippen LogP contribution in [0.15, 0.2) is 24.3 Å². The normalized spacial score (nSPS) is 18.1. The molecule has 21 heavy (non-hydrogen) atoms. The van der Waals surface area contributed by atoms with Crippen molar-refractivity contribution in [1.82, 2.24) is 5.32 Å². The number of anilines is 1. The Hall–Kier alpha value is -1.55.